The first-order valence-electron chi connectivity index (χ1n) is 9.93. The molecule has 0 unspecified atom stereocenters. The fraction of sp³-hybridized carbons (Fsp3) is 0.364. The zero-order chi connectivity index (χ0) is 22.8. The van der Waals surface area contributed by atoms with E-state index in [0.29, 0.717) is 12.6 Å². The van der Waals surface area contributed by atoms with E-state index in [4.69, 9.17) is 19.8 Å². The van der Waals surface area contributed by atoms with Crippen LogP contribution in [-0.4, -0.2) is 63.1 Å². The number of carboxylic acid groups (broad SMARTS) is 2. The molecule has 3 rings (SSSR count). The first kappa shape index (κ1) is 24.0. The van der Waals surface area contributed by atoms with E-state index in [1.165, 1.54) is 5.56 Å². The maximum Gasteiger partial charge on any atom is 0.414 e. The molecule has 0 atom stereocenters. The standard InChI is InChI=1S/C20H25N3O2.C2H2O4/c1-21(15-17-7-3-2-4-8-17)19-11-13-22(14-12-19)16-18-9-5-6-10-20(18)23(24)25;3-1(4)2(5)6/h2-10,19H,11-16H2,1H3;(H,3,4)(H,5,6). The molecule has 2 aromatic carbocycles. The molecule has 31 heavy (non-hydrogen) atoms. The number of para-hydroxylation sites is 1. The summed E-state index contributed by atoms with van der Waals surface area (Å²) in [4.78, 5) is 33.8. The minimum atomic E-state index is -1.82. The van der Waals surface area contributed by atoms with Gasteiger partial charge in [0.1, 0.15) is 0 Å². The molecule has 0 amide bonds. The van der Waals surface area contributed by atoms with Crippen LogP contribution < -0.4 is 0 Å². The second-order valence-corrected chi connectivity index (χ2v) is 7.40. The second kappa shape index (κ2) is 11.8. The highest BCUT2D eigenvalue weighted by Crippen LogP contribution is 2.23. The van der Waals surface area contributed by atoms with Crippen molar-refractivity contribution in [2.45, 2.75) is 32.0 Å². The lowest BCUT2D eigenvalue weighted by Crippen LogP contribution is -2.42. The normalized spacial score (nSPS) is 14.5. The van der Waals surface area contributed by atoms with Crippen LogP contribution in [0, 0.1) is 10.1 Å². The Bertz CT molecular complexity index is 870. The van der Waals surface area contributed by atoms with Gasteiger partial charge >= 0.3 is 11.9 Å². The second-order valence-electron chi connectivity index (χ2n) is 7.40. The third kappa shape index (κ3) is 7.80. The molecular formula is C22H27N3O6. The highest BCUT2D eigenvalue weighted by atomic mass is 16.6. The van der Waals surface area contributed by atoms with Crippen LogP contribution >= 0.6 is 0 Å². The Morgan fingerprint density at radius 3 is 2.13 bits per heavy atom. The van der Waals surface area contributed by atoms with Crippen molar-refractivity contribution in [1.29, 1.82) is 0 Å². The van der Waals surface area contributed by atoms with Gasteiger partial charge in [-0.2, -0.15) is 0 Å². The van der Waals surface area contributed by atoms with E-state index in [1.54, 1.807) is 12.1 Å². The van der Waals surface area contributed by atoms with Crippen molar-refractivity contribution in [2.75, 3.05) is 20.1 Å². The average Bonchev–Trinajstić information content (AvgIpc) is 2.75. The van der Waals surface area contributed by atoms with Gasteiger partial charge in [0.15, 0.2) is 0 Å². The van der Waals surface area contributed by atoms with Gasteiger partial charge in [-0.25, -0.2) is 9.59 Å². The monoisotopic (exact) mass is 429 g/mol. The van der Waals surface area contributed by atoms with E-state index in [2.05, 4.69) is 41.1 Å². The molecule has 0 aliphatic carbocycles. The Labute approximate surface area is 180 Å². The molecule has 1 aliphatic rings. The van der Waals surface area contributed by atoms with Crippen molar-refractivity contribution >= 4 is 17.6 Å². The van der Waals surface area contributed by atoms with E-state index >= 15 is 0 Å². The van der Waals surface area contributed by atoms with Crippen LogP contribution in [0.15, 0.2) is 54.6 Å². The number of aliphatic carboxylic acids is 2. The van der Waals surface area contributed by atoms with Gasteiger partial charge in [-0.1, -0.05) is 48.5 Å². The van der Waals surface area contributed by atoms with Crippen molar-refractivity contribution < 1.29 is 24.7 Å². The van der Waals surface area contributed by atoms with Crippen LogP contribution in [0.3, 0.4) is 0 Å². The number of nitro benzene ring substituents is 1. The highest BCUT2D eigenvalue weighted by molar-refractivity contribution is 6.27. The molecule has 1 fully saturated rings. The third-order valence-corrected chi connectivity index (χ3v) is 5.22. The molecule has 0 aromatic heterocycles. The van der Waals surface area contributed by atoms with Crippen molar-refractivity contribution in [3.63, 3.8) is 0 Å². The van der Waals surface area contributed by atoms with Crippen molar-refractivity contribution in [1.82, 2.24) is 9.80 Å². The summed E-state index contributed by atoms with van der Waals surface area (Å²) in [5.41, 5.74) is 2.38. The molecular weight excluding hydrogens is 402 g/mol. The molecule has 9 nitrogen and oxygen atoms in total. The molecule has 1 heterocycles. The zero-order valence-corrected chi connectivity index (χ0v) is 17.4. The van der Waals surface area contributed by atoms with Crippen LogP contribution in [0.1, 0.15) is 24.0 Å². The summed E-state index contributed by atoms with van der Waals surface area (Å²) in [6.07, 6.45) is 2.20. The summed E-state index contributed by atoms with van der Waals surface area (Å²) in [6.45, 7) is 3.59. The maximum atomic E-state index is 11.2. The summed E-state index contributed by atoms with van der Waals surface area (Å²) in [5, 5.41) is 25.9. The van der Waals surface area contributed by atoms with E-state index < -0.39 is 11.9 Å². The van der Waals surface area contributed by atoms with Crippen LogP contribution in [0.25, 0.3) is 0 Å². The van der Waals surface area contributed by atoms with E-state index in [0.717, 1.165) is 38.0 Å². The molecule has 0 bridgehead atoms. The minimum Gasteiger partial charge on any atom is -0.473 e. The highest BCUT2D eigenvalue weighted by Gasteiger charge is 2.24. The topological polar surface area (TPSA) is 124 Å². The predicted octanol–water partition coefficient (Wildman–Crippen LogP) is 2.85. The molecule has 166 valence electrons. The summed E-state index contributed by atoms with van der Waals surface area (Å²) >= 11 is 0. The zero-order valence-electron chi connectivity index (χ0n) is 17.4. The molecule has 2 aromatic rings. The van der Waals surface area contributed by atoms with Gasteiger partial charge in [-0.3, -0.25) is 19.9 Å². The van der Waals surface area contributed by atoms with Crippen LogP contribution in [0.4, 0.5) is 5.69 Å². The van der Waals surface area contributed by atoms with Gasteiger partial charge in [-0.15, -0.1) is 0 Å². The summed E-state index contributed by atoms with van der Waals surface area (Å²) in [7, 11) is 2.19. The number of hydrogen-bond acceptors (Lipinski definition) is 6. The number of carbonyl (C=O) groups is 2. The fourth-order valence-corrected chi connectivity index (χ4v) is 3.58. The van der Waals surface area contributed by atoms with Gasteiger partial charge in [0.2, 0.25) is 0 Å². The Morgan fingerprint density at radius 1 is 1.03 bits per heavy atom. The summed E-state index contributed by atoms with van der Waals surface area (Å²) < 4.78 is 0. The van der Waals surface area contributed by atoms with Crippen molar-refractivity contribution in [2.24, 2.45) is 0 Å². The van der Waals surface area contributed by atoms with Crippen molar-refractivity contribution in [3.05, 3.63) is 75.8 Å². The number of nitro groups is 1. The number of rotatable bonds is 6. The lowest BCUT2D eigenvalue weighted by atomic mass is 10.0. The Morgan fingerprint density at radius 2 is 1.58 bits per heavy atom. The van der Waals surface area contributed by atoms with Crippen LogP contribution in [0.2, 0.25) is 0 Å². The van der Waals surface area contributed by atoms with Gasteiger partial charge in [0.05, 0.1) is 4.92 Å². The number of carboxylic acids is 2. The van der Waals surface area contributed by atoms with E-state index in [1.807, 2.05) is 18.2 Å². The first-order valence-corrected chi connectivity index (χ1v) is 9.93. The fourth-order valence-electron chi connectivity index (χ4n) is 3.58. The number of hydrogen-bond donors (Lipinski definition) is 2. The van der Waals surface area contributed by atoms with Crippen molar-refractivity contribution in [3.8, 4) is 0 Å². The molecule has 1 saturated heterocycles. The lowest BCUT2D eigenvalue weighted by molar-refractivity contribution is -0.385. The summed E-state index contributed by atoms with van der Waals surface area (Å²) in [6, 6.07) is 18.2. The molecule has 0 saturated carbocycles. The van der Waals surface area contributed by atoms with Crippen LogP contribution in [0.5, 0.6) is 0 Å². The third-order valence-electron chi connectivity index (χ3n) is 5.22. The van der Waals surface area contributed by atoms with Gasteiger partial charge < -0.3 is 10.2 Å². The van der Waals surface area contributed by atoms with Crippen LogP contribution in [-0.2, 0) is 22.7 Å². The Hall–Kier alpha value is -3.30. The molecule has 0 spiro atoms. The summed E-state index contributed by atoms with van der Waals surface area (Å²) in [5.74, 6) is -3.65. The minimum absolute atomic E-state index is 0.228. The lowest BCUT2D eigenvalue weighted by Gasteiger charge is -2.36. The molecule has 2 N–H and O–H groups in total. The first-order chi connectivity index (χ1) is 14.8. The largest absolute Gasteiger partial charge is 0.473 e. The predicted molar refractivity (Wildman–Crippen MR) is 115 cm³/mol. The number of benzene rings is 2. The van der Waals surface area contributed by atoms with Gasteiger partial charge in [0, 0.05) is 30.8 Å². The van der Waals surface area contributed by atoms with E-state index in [9.17, 15) is 10.1 Å². The molecule has 1 aliphatic heterocycles. The average molecular weight is 429 g/mol. The quantitative estimate of drug-likeness (QED) is 0.408. The number of likely N-dealkylation sites (tertiary alicyclic amines) is 1. The SMILES string of the molecule is CN(Cc1ccccc1)C1CCN(Cc2ccccc2[N+](=O)[O-])CC1.O=C(O)C(=O)O. The smallest absolute Gasteiger partial charge is 0.414 e. The Kier molecular flexibility index (Phi) is 9.11. The Balaban J connectivity index is 0.000000501. The molecule has 0 radical (unpaired) electrons. The maximum absolute atomic E-state index is 11.2. The number of nitrogens with zero attached hydrogens (tertiary/aromatic N) is 3. The van der Waals surface area contributed by atoms with Gasteiger partial charge in [0.25, 0.3) is 5.69 Å². The number of piperidine rings is 1. The molecule has 9 heteroatoms. The van der Waals surface area contributed by atoms with Gasteiger partial charge in [-0.05, 0) is 38.5 Å². The van der Waals surface area contributed by atoms with E-state index in [-0.39, 0.29) is 10.6 Å².